The number of hydrogen-bond donors (Lipinski definition) is 0. The van der Waals surface area contributed by atoms with Crippen LogP contribution in [0.25, 0.3) is 11.4 Å². The van der Waals surface area contributed by atoms with E-state index >= 15 is 0 Å². The summed E-state index contributed by atoms with van der Waals surface area (Å²) in [5.74, 6) is 2.53. The summed E-state index contributed by atoms with van der Waals surface area (Å²) in [6, 6.07) is 12.7. The zero-order chi connectivity index (χ0) is 21.6. The van der Waals surface area contributed by atoms with Gasteiger partial charge in [0.1, 0.15) is 11.6 Å². The summed E-state index contributed by atoms with van der Waals surface area (Å²) in [5.41, 5.74) is 2.35. The highest BCUT2D eigenvalue weighted by molar-refractivity contribution is 7.99. The average molecular weight is 441 g/mol. The van der Waals surface area contributed by atoms with Gasteiger partial charge in [0.25, 0.3) is 11.1 Å². The molecule has 2 aromatic carbocycles. The molecule has 0 atom stereocenters. The Hall–Kier alpha value is -3.20. The Balaban J connectivity index is 1.21. The van der Waals surface area contributed by atoms with Crippen LogP contribution in [-0.2, 0) is 13.0 Å². The summed E-state index contributed by atoms with van der Waals surface area (Å²) in [4.78, 5) is 4.34. The molecule has 160 valence electrons. The first-order chi connectivity index (χ1) is 15.1. The molecule has 0 unspecified atom stereocenters. The van der Waals surface area contributed by atoms with Crippen LogP contribution in [-0.4, -0.2) is 26.1 Å². The largest absolute Gasteiger partial charge is 0.484 e. The Labute approximate surface area is 183 Å². The lowest BCUT2D eigenvalue weighted by Gasteiger charge is -2.02. The second-order valence-corrected chi connectivity index (χ2v) is 8.04. The molecule has 0 saturated carbocycles. The summed E-state index contributed by atoms with van der Waals surface area (Å²) < 4.78 is 30.2. The fraction of sp³-hybridized carbons (Fsp3) is 0.273. The van der Waals surface area contributed by atoms with Crippen LogP contribution in [0.5, 0.6) is 5.75 Å². The van der Waals surface area contributed by atoms with Crippen LogP contribution in [0.1, 0.15) is 29.3 Å². The number of thioether (sulfide) groups is 1. The SMILES string of the molecule is Cc1ccc(OCc2nnc(SCCCc3nc(-c4ccc(C)c(F)c4)no3)o2)cc1. The van der Waals surface area contributed by atoms with Gasteiger partial charge in [0.05, 0.1) is 0 Å². The topological polar surface area (TPSA) is 87.1 Å². The fourth-order valence-electron chi connectivity index (χ4n) is 2.72. The number of aryl methyl sites for hydroxylation is 3. The average Bonchev–Trinajstić information content (AvgIpc) is 3.42. The third-order valence-electron chi connectivity index (χ3n) is 4.49. The number of halogens is 1. The smallest absolute Gasteiger partial charge is 0.276 e. The van der Waals surface area contributed by atoms with Crippen molar-refractivity contribution >= 4 is 11.8 Å². The summed E-state index contributed by atoms with van der Waals surface area (Å²) in [6.45, 7) is 3.96. The molecule has 4 aromatic rings. The van der Waals surface area contributed by atoms with E-state index in [1.165, 1.54) is 23.4 Å². The monoisotopic (exact) mass is 440 g/mol. The van der Waals surface area contributed by atoms with Crippen molar-refractivity contribution < 1.29 is 18.1 Å². The van der Waals surface area contributed by atoms with Gasteiger partial charge in [0.2, 0.25) is 11.7 Å². The molecule has 0 N–H and O–H groups in total. The summed E-state index contributed by atoms with van der Waals surface area (Å²) >= 11 is 1.46. The Morgan fingerprint density at radius 2 is 1.87 bits per heavy atom. The van der Waals surface area contributed by atoms with Gasteiger partial charge in [-0.2, -0.15) is 4.98 Å². The highest BCUT2D eigenvalue weighted by atomic mass is 32.2. The van der Waals surface area contributed by atoms with Crippen molar-refractivity contribution in [1.82, 2.24) is 20.3 Å². The molecule has 2 heterocycles. The van der Waals surface area contributed by atoms with E-state index in [0.717, 1.165) is 17.9 Å². The fourth-order valence-corrected chi connectivity index (χ4v) is 3.44. The van der Waals surface area contributed by atoms with Gasteiger partial charge in [0.15, 0.2) is 6.61 Å². The Morgan fingerprint density at radius 3 is 2.68 bits per heavy atom. The van der Waals surface area contributed by atoms with Gasteiger partial charge in [-0.3, -0.25) is 0 Å². The third-order valence-corrected chi connectivity index (χ3v) is 5.39. The van der Waals surface area contributed by atoms with Crippen molar-refractivity contribution in [3.63, 3.8) is 0 Å². The van der Waals surface area contributed by atoms with Crippen LogP contribution in [0.2, 0.25) is 0 Å². The second kappa shape index (κ2) is 9.74. The summed E-state index contributed by atoms with van der Waals surface area (Å²) in [7, 11) is 0. The normalized spacial score (nSPS) is 11.1. The lowest BCUT2D eigenvalue weighted by atomic mass is 10.1. The van der Waals surface area contributed by atoms with Gasteiger partial charge in [-0.25, -0.2) is 4.39 Å². The second-order valence-electron chi connectivity index (χ2n) is 6.99. The molecule has 0 aliphatic carbocycles. The van der Waals surface area contributed by atoms with Gasteiger partial charge >= 0.3 is 0 Å². The summed E-state index contributed by atoms with van der Waals surface area (Å²) in [6.07, 6.45) is 1.39. The van der Waals surface area contributed by atoms with E-state index in [0.29, 0.717) is 40.4 Å². The Kier molecular flexibility index (Phi) is 6.61. The number of rotatable bonds is 9. The molecule has 9 heteroatoms. The Morgan fingerprint density at radius 1 is 1.03 bits per heavy atom. The van der Waals surface area contributed by atoms with E-state index in [-0.39, 0.29) is 12.4 Å². The molecule has 0 amide bonds. The highest BCUT2D eigenvalue weighted by Crippen LogP contribution is 2.21. The first-order valence-corrected chi connectivity index (χ1v) is 10.8. The number of aromatic nitrogens is 4. The number of hydrogen-bond acceptors (Lipinski definition) is 8. The zero-order valence-electron chi connectivity index (χ0n) is 17.2. The zero-order valence-corrected chi connectivity index (χ0v) is 18.0. The van der Waals surface area contributed by atoms with Crippen molar-refractivity contribution in [3.05, 3.63) is 71.2 Å². The van der Waals surface area contributed by atoms with Gasteiger partial charge in [-0.1, -0.05) is 46.7 Å². The molecule has 0 saturated heterocycles. The molecular formula is C22H21FN4O3S. The van der Waals surface area contributed by atoms with Crippen molar-refractivity contribution in [2.75, 3.05) is 5.75 Å². The molecule has 0 fully saturated rings. The maximum Gasteiger partial charge on any atom is 0.276 e. The van der Waals surface area contributed by atoms with Gasteiger partial charge in [-0.05, 0) is 44.0 Å². The molecule has 0 spiro atoms. The van der Waals surface area contributed by atoms with E-state index < -0.39 is 0 Å². The number of ether oxygens (including phenoxy) is 1. The van der Waals surface area contributed by atoms with Crippen LogP contribution in [0.3, 0.4) is 0 Å². The van der Waals surface area contributed by atoms with Crippen LogP contribution >= 0.6 is 11.8 Å². The van der Waals surface area contributed by atoms with Crippen LogP contribution in [0.15, 0.2) is 56.6 Å². The minimum atomic E-state index is -0.288. The number of nitrogens with zero attached hydrogens (tertiary/aromatic N) is 4. The predicted molar refractivity (Wildman–Crippen MR) is 113 cm³/mol. The Bertz CT molecular complexity index is 1140. The van der Waals surface area contributed by atoms with E-state index in [1.54, 1.807) is 19.1 Å². The van der Waals surface area contributed by atoms with Crippen molar-refractivity contribution in [2.24, 2.45) is 0 Å². The molecule has 31 heavy (non-hydrogen) atoms. The number of benzene rings is 2. The van der Waals surface area contributed by atoms with Crippen LogP contribution in [0.4, 0.5) is 4.39 Å². The maximum absolute atomic E-state index is 13.7. The van der Waals surface area contributed by atoms with Crippen molar-refractivity contribution in [3.8, 4) is 17.1 Å². The lowest BCUT2D eigenvalue weighted by molar-refractivity contribution is 0.252. The minimum Gasteiger partial charge on any atom is -0.484 e. The molecule has 2 aromatic heterocycles. The van der Waals surface area contributed by atoms with Crippen LogP contribution < -0.4 is 4.74 Å². The van der Waals surface area contributed by atoms with E-state index in [4.69, 9.17) is 13.7 Å². The molecule has 7 nitrogen and oxygen atoms in total. The van der Waals surface area contributed by atoms with E-state index in [9.17, 15) is 4.39 Å². The molecule has 0 bridgehead atoms. The molecule has 0 aliphatic heterocycles. The van der Waals surface area contributed by atoms with Crippen molar-refractivity contribution in [1.29, 1.82) is 0 Å². The van der Waals surface area contributed by atoms with Gasteiger partial charge in [-0.15, -0.1) is 10.2 Å². The predicted octanol–water partition coefficient (Wildman–Crippen LogP) is 5.18. The first-order valence-electron chi connectivity index (χ1n) is 9.80. The van der Waals surface area contributed by atoms with Gasteiger partial charge in [0, 0.05) is 17.7 Å². The summed E-state index contributed by atoms with van der Waals surface area (Å²) in [5, 5.41) is 12.5. The quantitative estimate of drug-likeness (QED) is 0.260. The maximum atomic E-state index is 13.7. The lowest BCUT2D eigenvalue weighted by Crippen LogP contribution is -1.95. The van der Waals surface area contributed by atoms with E-state index in [1.807, 2.05) is 31.2 Å². The minimum absolute atomic E-state index is 0.223. The molecule has 4 rings (SSSR count). The molecule has 0 aliphatic rings. The van der Waals surface area contributed by atoms with E-state index in [2.05, 4.69) is 20.3 Å². The molecule has 0 radical (unpaired) electrons. The highest BCUT2D eigenvalue weighted by Gasteiger charge is 2.11. The van der Waals surface area contributed by atoms with Gasteiger partial charge < -0.3 is 13.7 Å². The molecular weight excluding hydrogens is 419 g/mol. The first kappa shape index (κ1) is 21.0. The van der Waals surface area contributed by atoms with Crippen molar-refractivity contribution in [2.45, 2.75) is 38.5 Å². The standard InChI is InChI=1S/C22H21FN4O3S/c1-14-5-9-17(10-6-14)28-13-20-25-26-22(29-20)31-11-3-4-19-24-21(27-30-19)16-8-7-15(2)18(23)12-16/h5-10,12H,3-4,11,13H2,1-2H3. The van der Waals surface area contributed by atoms with Crippen LogP contribution in [0, 0.1) is 19.7 Å². The third kappa shape index (κ3) is 5.69.